The number of nitrogens with two attached hydrogens (primary N) is 1. The fraction of sp³-hybridized carbons (Fsp3) is 0.333. The Morgan fingerprint density at radius 2 is 2.17 bits per heavy atom. The molecule has 0 radical (unpaired) electrons. The van der Waals surface area contributed by atoms with Gasteiger partial charge in [0.05, 0.1) is 16.9 Å². The summed E-state index contributed by atoms with van der Waals surface area (Å²) < 4.78 is 0. The van der Waals surface area contributed by atoms with E-state index in [4.69, 9.17) is 10.8 Å². The molecule has 1 aliphatic rings. The Hall–Kier alpha value is -2.24. The molecule has 96 valence electrons. The van der Waals surface area contributed by atoms with Crippen LogP contribution in [0.15, 0.2) is 18.2 Å². The summed E-state index contributed by atoms with van der Waals surface area (Å²) in [4.78, 5) is 24.0. The number of nitrogen functional groups attached to an aromatic ring is 1. The van der Waals surface area contributed by atoms with Gasteiger partial charge in [0.2, 0.25) is 5.91 Å². The molecule has 0 aromatic heterocycles. The largest absolute Gasteiger partial charge is 0.478 e. The first kappa shape index (κ1) is 12.2. The van der Waals surface area contributed by atoms with Crippen molar-refractivity contribution in [2.24, 2.45) is 0 Å². The summed E-state index contributed by atoms with van der Waals surface area (Å²) in [6.45, 7) is 1.82. The van der Waals surface area contributed by atoms with Gasteiger partial charge in [0, 0.05) is 26.1 Å². The minimum atomic E-state index is -0.999. The van der Waals surface area contributed by atoms with Crippen molar-refractivity contribution in [3.8, 4) is 0 Å². The van der Waals surface area contributed by atoms with Gasteiger partial charge >= 0.3 is 5.97 Å². The Labute approximate surface area is 104 Å². The van der Waals surface area contributed by atoms with Crippen molar-refractivity contribution >= 4 is 23.3 Å². The van der Waals surface area contributed by atoms with E-state index in [1.54, 1.807) is 6.07 Å². The lowest BCUT2D eigenvalue weighted by Gasteiger charge is -2.23. The number of carboxylic acids is 1. The van der Waals surface area contributed by atoms with Gasteiger partial charge < -0.3 is 21.1 Å². The van der Waals surface area contributed by atoms with Crippen LogP contribution in [0.25, 0.3) is 0 Å². The highest BCUT2D eigenvalue weighted by molar-refractivity contribution is 5.90. The number of amides is 1. The number of hydrogen-bond donors (Lipinski definition) is 3. The van der Waals surface area contributed by atoms with E-state index < -0.39 is 5.97 Å². The molecule has 2 rings (SSSR count). The lowest BCUT2D eigenvalue weighted by Crippen LogP contribution is -2.29. The van der Waals surface area contributed by atoms with Crippen LogP contribution in [-0.2, 0) is 4.79 Å². The van der Waals surface area contributed by atoms with E-state index in [1.807, 2.05) is 4.90 Å². The Morgan fingerprint density at radius 1 is 1.39 bits per heavy atom. The van der Waals surface area contributed by atoms with Crippen LogP contribution in [0.4, 0.5) is 11.4 Å². The molecule has 0 atom stereocenters. The molecular formula is C12H15N3O3. The molecule has 1 fully saturated rings. The maximum absolute atomic E-state index is 11.2. The molecule has 1 amide bonds. The van der Waals surface area contributed by atoms with Crippen LogP contribution < -0.4 is 16.0 Å². The predicted molar refractivity (Wildman–Crippen MR) is 67.7 cm³/mol. The number of nitrogens with zero attached hydrogens (tertiary/aromatic N) is 1. The van der Waals surface area contributed by atoms with Gasteiger partial charge in [-0.05, 0) is 18.2 Å². The van der Waals surface area contributed by atoms with Crippen molar-refractivity contribution in [2.75, 3.05) is 30.3 Å². The number of anilines is 2. The second-order valence-corrected chi connectivity index (χ2v) is 4.17. The van der Waals surface area contributed by atoms with Gasteiger partial charge in [-0.25, -0.2) is 4.79 Å². The smallest absolute Gasteiger partial charge is 0.335 e. The topological polar surface area (TPSA) is 95.7 Å². The highest BCUT2D eigenvalue weighted by Crippen LogP contribution is 2.25. The zero-order valence-electron chi connectivity index (χ0n) is 9.85. The van der Waals surface area contributed by atoms with E-state index in [1.165, 1.54) is 12.1 Å². The van der Waals surface area contributed by atoms with Crippen LogP contribution in [0.3, 0.4) is 0 Å². The van der Waals surface area contributed by atoms with E-state index >= 15 is 0 Å². The number of carbonyl (C=O) groups is 2. The van der Waals surface area contributed by atoms with Crippen LogP contribution in [0, 0.1) is 0 Å². The maximum atomic E-state index is 11.2. The molecule has 0 spiro atoms. The molecule has 6 heteroatoms. The second-order valence-electron chi connectivity index (χ2n) is 4.17. The van der Waals surface area contributed by atoms with Crippen molar-refractivity contribution < 1.29 is 14.7 Å². The van der Waals surface area contributed by atoms with Crippen molar-refractivity contribution in [1.82, 2.24) is 5.32 Å². The van der Waals surface area contributed by atoms with Crippen molar-refractivity contribution in [3.05, 3.63) is 23.8 Å². The molecule has 6 nitrogen and oxygen atoms in total. The summed E-state index contributed by atoms with van der Waals surface area (Å²) >= 11 is 0. The minimum absolute atomic E-state index is 0.0261. The number of aromatic carboxylic acids is 1. The van der Waals surface area contributed by atoms with Crippen molar-refractivity contribution in [1.29, 1.82) is 0 Å². The predicted octanol–water partition coefficient (Wildman–Crippen LogP) is 0.293. The Balaban J connectivity index is 2.22. The maximum Gasteiger partial charge on any atom is 0.335 e. The quantitative estimate of drug-likeness (QED) is 0.655. The zero-order chi connectivity index (χ0) is 13.1. The van der Waals surface area contributed by atoms with Gasteiger partial charge in [-0.3, -0.25) is 4.79 Å². The lowest BCUT2D eigenvalue weighted by molar-refractivity contribution is -0.120. The molecule has 18 heavy (non-hydrogen) atoms. The summed E-state index contributed by atoms with van der Waals surface area (Å²) in [5.41, 5.74) is 7.23. The fourth-order valence-electron chi connectivity index (χ4n) is 1.98. The third-order valence-corrected chi connectivity index (χ3v) is 2.93. The molecule has 0 unspecified atom stereocenters. The number of carbonyl (C=O) groups excluding carboxylic acids is 1. The Morgan fingerprint density at radius 3 is 2.83 bits per heavy atom. The molecule has 1 aromatic carbocycles. The van der Waals surface area contributed by atoms with E-state index in [9.17, 15) is 9.59 Å². The van der Waals surface area contributed by atoms with Crippen LogP contribution in [-0.4, -0.2) is 36.6 Å². The molecule has 0 saturated carbocycles. The van der Waals surface area contributed by atoms with E-state index in [-0.39, 0.29) is 11.5 Å². The zero-order valence-corrected chi connectivity index (χ0v) is 9.85. The first-order valence-electron chi connectivity index (χ1n) is 5.72. The molecule has 1 saturated heterocycles. The SMILES string of the molecule is Nc1cc(C(=O)O)ccc1N1CCNC(=O)CC1. The molecule has 4 N–H and O–H groups in total. The van der Waals surface area contributed by atoms with Gasteiger partial charge in [-0.1, -0.05) is 0 Å². The summed E-state index contributed by atoms with van der Waals surface area (Å²) in [6.07, 6.45) is 0.417. The first-order chi connectivity index (χ1) is 8.58. The summed E-state index contributed by atoms with van der Waals surface area (Å²) in [7, 11) is 0. The number of hydrogen-bond acceptors (Lipinski definition) is 4. The summed E-state index contributed by atoms with van der Waals surface area (Å²) in [5.74, 6) is -0.973. The van der Waals surface area contributed by atoms with Gasteiger partial charge in [-0.2, -0.15) is 0 Å². The Kier molecular flexibility index (Phi) is 3.36. The number of rotatable bonds is 2. The lowest BCUT2D eigenvalue weighted by atomic mass is 10.1. The summed E-state index contributed by atoms with van der Waals surface area (Å²) in [6, 6.07) is 4.65. The first-order valence-corrected chi connectivity index (χ1v) is 5.72. The third-order valence-electron chi connectivity index (χ3n) is 2.93. The molecule has 0 aliphatic carbocycles. The van der Waals surface area contributed by atoms with E-state index in [0.717, 1.165) is 5.69 Å². The second kappa shape index (κ2) is 4.95. The summed E-state index contributed by atoms with van der Waals surface area (Å²) in [5, 5.41) is 11.6. The standard InChI is InChI=1S/C12H15N3O3/c13-9-7-8(12(17)18)1-2-10(9)15-5-3-11(16)14-4-6-15/h1-2,7H,3-6,13H2,(H,14,16)(H,17,18). The van der Waals surface area contributed by atoms with Crippen LogP contribution >= 0.6 is 0 Å². The number of benzene rings is 1. The molecule has 1 aliphatic heterocycles. The molecule has 1 aromatic rings. The molecular weight excluding hydrogens is 234 g/mol. The van der Waals surface area contributed by atoms with Crippen molar-refractivity contribution in [2.45, 2.75) is 6.42 Å². The monoisotopic (exact) mass is 249 g/mol. The van der Waals surface area contributed by atoms with Gasteiger partial charge in [0.15, 0.2) is 0 Å². The minimum Gasteiger partial charge on any atom is -0.478 e. The highest BCUT2D eigenvalue weighted by Gasteiger charge is 2.16. The van der Waals surface area contributed by atoms with Crippen LogP contribution in [0.1, 0.15) is 16.8 Å². The van der Waals surface area contributed by atoms with E-state index in [2.05, 4.69) is 5.32 Å². The third kappa shape index (κ3) is 2.53. The van der Waals surface area contributed by atoms with Gasteiger partial charge in [0.1, 0.15) is 0 Å². The average Bonchev–Trinajstić information content (AvgIpc) is 2.54. The van der Waals surface area contributed by atoms with Crippen LogP contribution in [0.2, 0.25) is 0 Å². The normalized spacial score (nSPS) is 16.0. The van der Waals surface area contributed by atoms with Crippen LogP contribution in [0.5, 0.6) is 0 Å². The van der Waals surface area contributed by atoms with Gasteiger partial charge in [-0.15, -0.1) is 0 Å². The Bertz CT molecular complexity index is 487. The highest BCUT2D eigenvalue weighted by atomic mass is 16.4. The van der Waals surface area contributed by atoms with Gasteiger partial charge in [0.25, 0.3) is 0 Å². The fourth-order valence-corrected chi connectivity index (χ4v) is 1.98. The van der Waals surface area contributed by atoms with E-state index in [0.29, 0.717) is 31.7 Å². The molecule has 0 bridgehead atoms. The van der Waals surface area contributed by atoms with Crippen molar-refractivity contribution in [3.63, 3.8) is 0 Å². The average molecular weight is 249 g/mol. The number of nitrogens with one attached hydrogen (secondary N) is 1. The molecule has 1 heterocycles. The number of carboxylic acid groups (broad SMARTS) is 1.